The number of phenolic OH excluding ortho intramolecular Hbond substituents is 2. The van der Waals surface area contributed by atoms with Gasteiger partial charge in [-0.05, 0) is 79.9 Å². The average Bonchev–Trinajstić information content (AvgIpc) is 3.37. The van der Waals surface area contributed by atoms with Crippen LogP contribution in [0, 0.1) is 16.7 Å². The predicted molar refractivity (Wildman–Crippen MR) is 136 cm³/mol. The number of phenols is 2. The topological polar surface area (TPSA) is 116 Å². The van der Waals surface area contributed by atoms with Crippen molar-refractivity contribution in [1.82, 2.24) is 10.2 Å². The van der Waals surface area contributed by atoms with Crippen molar-refractivity contribution < 1.29 is 29.3 Å². The molecule has 0 radical (unpaired) electrons. The minimum absolute atomic E-state index is 0.134. The lowest BCUT2D eigenvalue weighted by molar-refractivity contribution is -0.158. The van der Waals surface area contributed by atoms with Crippen molar-refractivity contribution in [3.63, 3.8) is 0 Å². The molecule has 1 heterocycles. The van der Waals surface area contributed by atoms with Gasteiger partial charge < -0.3 is 25.2 Å². The molecule has 8 heteroatoms. The molecule has 1 aliphatic heterocycles. The maximum absolute atomic E-state index is 12.9. The Bertz CT molecular complexity index is 973. The number of nitrogens with zero attached hydrogens (tertiary/aromatic N) is 1. The summed E-state index contributed by atoms with van der Waals surface area (Å²) in [6, 6.07) is 3.80. The van der Waals surface area contributed by atoms with Crippen LogP contribution in [0.2, 0.25) is 0 Å². The molecule has 3 unspecified atom stereocenters. The summed E-state index contributed by atoms with van der Waals surface area (Å²) in [5.74, 6) is -0.922. The zero-order valence-electron chi connectivity index (χ0n) is 22.3. The van der Waals surface area contributed by atoms with Gasteiger partial charge in [0.25, 0.3) is 0 Å². The van der Waals surface area contributed by atoms with Crippen molar-refractivity contribution in [1.29, 1.82) is 0 Å². The highest BCUT2D eigenvalue weighted by molar-refractivity contribution is 5.89. The number of carbonyl (C=O) groups is 3. The van der Waals surface area contributed by atoms with Crippen LogP contribution in [0.1, 0.15) is 78.7 Å². The Labute approximate surface area is 214 Å². The van der Waals surface area contributed by atoms with Crippen molar-refractivity contribution >= 4 is 17.8 Å². The third-order valence-corrected chi connectivity index (χ3v) is 8.78. The second kappa shape index (κ2) is 11.1. The van der Waals surface area contributed by atoms with Crippen molar-refractivity contribution in [2.45, 2.75) is 91.7 Å². The summed E-state index contributed by atoms with van der Waals surface area (Å²) in [6.07, 6.45) is 4.68. The summed E-state index contributed by atoms with van der Waals surface area (Å²) < 4.78 is 5.81. The van der Waals surface area contributed by atoms with Crippen LogP contribution in [0.15, 0.2) is 18.2 Å². The monoisotopic (exact) mass is 502 g/mol. The van der Waals surface area contributed by atoms with Gasteiger partial charge in [0.05, 0.1) is 12.6 Å². The summed E-state index contributed by atoms with van der Waals surface area (Å²) in [5.41, 5.74) is 1.13. The lowest BCUT2D eigenvalue weighted by Gasteiger charge is -2.40. The first kappa shape index (κ1) is 27.8. The second-order valence-electron chi connectivity index (χ2n) is 11.7. The molecule has 3 N–H and O–H groups in total. The molecule has 1 saturated heterocycles. The van der Waals surface area contributed by atoms with Gasteiger partial charge >= 0.3 is 5.97 Å². The third kappa shape index (κ3) is 6.31. The number of hydrogen-bond donors (Lipinski definition) is 3. The number of ether oxygens (including phenoxy) is 1. The first-order valence-corrected chi connectivity index (χ1v) is 13.1. The SMILES string of the molecule is CC(CC1CCC(C)(C)C1(C)C)OC(=O)C1CCCN1C(=O)CNC(=O)CCc1ccc(O)c(O)c1. The Morgan fingerprint density at radius 1 is 1.14 bits per heavy atom. The Hall–Kier alpha value is -2.77. The number of aromatic hydroxyl groups is 2. The van der Waals surface area contributed by atoms with Gasteiger partial charge in [-0.3, -0.25) is 9.59 Å². The average molecular weight is 503 g/mol. The van der Waals surface area contributed by atoms with Crippen LogP contribution in [0.3, 0.4) is 0 Å². The number of benzene rings is 1. The molecule has 1 aromatic rings. The summed E-state index contributed by atoms with van der Waals surface area (Å²) in [4.78, 5) is 39.5. The van der Waals surface area contributed by atoms with Gasteiger partial charge in [0.15, 0.2) is 11.5 Å². The van der Waals surface area contributed by atoms with E-state index in [1.807, 2.05) is 6.92 Å². The van der Waals surface area contributed by atoms with Crippen LogP contribution in [0.4, 0.5) is 0 Å². The van der Waals surface area contributed by atoms with Gasteiger partial charge in [0.2, 0.25) is 11.8 Å². The van der Waals surface area contributed by atoms with Gasteiger partial charge in [-0.15, -0.1) is 0 Å². The molecule has 2 fully saturated rings. The first-order chi connectivity index (χ1) is 16.8. The molecule has 3 rings (SSSR count). The van der Waals surface area contributed by atoms with Crippen LogP contribution in [0.5, 0.6) is 11.5 Å². The number of likely N-dealkylation sites (tertiary alicyclic amines) is 1. The quantitative estimate of drug-likeness (QED) is 0.348. The van der Waals surface area contributed by atoms with E-state index in [0.29, 0.717) is 30.9 Å². The fourth-order valence-electron chi connectivity index (χ4n) is 5.57. The minimum Gasteiger partial charge on any atom is -0.504 e. The van der Waals surface area contributed by atoms with Gasteiger partial charge in [-0.1, -0.05) is 33.8 Å². The highest BCUT2D eigenvalue weighted by atomic mass is 16.5. The summed E-state index contributed by atoms with van der Waals surface area (Å²) in [6.45, 7) is 11.5. The number of carbonyl (C=O) groups excluding carboxylic acids is 3. The third-order valence-electron chi connectivity index (χ3n) is 8.78. The van der Waals surface area contributed by atoms with E-state index in [1.165, 1.54) is 23.5 Å². The molecule has 0 aromatic heterocycles. The number of nitrogens with one attached hydrogen (secondary N) is 1. The fraction of sp³-hybridized carbons (Fsp3) is 0.679. The first-order valence-electron chi connectivity index (χ1n) is 13.1. The fourth-order valence-corrected chi connectivity index (χ4v) is 5.57. The van der Waals surface area contributed by atoms with Crippen molar-refractivity contribution in [2.24, 2.45) is 16.7 Å². The highest BCUT2D eigenvalue weighted by Gasteiger charge is 2.48. The summed E-state index contributed by atoms with van der Waals surface area (Å²) in [5, 5.41) is 21.6. The molecule has 8 nitrogen and oxygen atoms in total. The van der Waals surface area contributed by atoms with E-state index in [-0.39, 0.29) is 59.2 Å². The van der Waals surface area contributed by atoms with Crippen molar-refractivity contribution in [3.05, 3.63) is 23.8 Å². The van der Waals surface area contributed by atoms with Crippen LogP contribution < -0.4 is 5.32 Å². The molecule has 2 amide bonds. The highest BCUT2D eigenvalue weighted by Crippen LogP contribution is 2.57. The van der Waals surface area contributed by atoms with Gasteiger partial charge in [-0.25, -0.2) is 4.79 Å². The van der Waals surface area contributed by atoms with E-state index in [2.05, 4.69) is 33.0 Å². The Balaban J connectivity index is 1.45. The smallest absolute Gasteiger partial charge is 0.329 e. The Morgan fingerprint density at radius 2 is 1.86 bits per heavy atom. The van der Waals surface area contributed by atoms with Crippen molar-refractivity contribution in [3.8, 4) is 11.5 Å². The molecular formula is C28H42N2O6. The number of amides is 2. The number of aryl methyl sites for hydroxylation is 1. The molecular weight excluding hydrogens is 460 g/mol. The van der Waals surface area contributed by atoms with Crippen LogP contribution in [-0.2, 0) is 25.5 Å². The molecule has 36 heavy (non-hydrogen) atoms. The summed E-state index contributed by atoms with van der Waals surface area (Å²) >= 11 is 0. The number of rotatable bonds is 9. The van der Waals surface area contributed by atoms with Crippen LogP contribution >= 0.6 is 0 Å². The number of hydrogen-bond acceptors (Lipinski definition) is 6. The molecule has 0 bridgehead atoms. The van der Waals surface area contributed by atoms with Gasteiger partial charge in [0.1, 0.15) is 6.04 Å². The second-order valence-corrected chi connectivity index (χ2v) is 11.7. The van der Waals surface area contributed by atoms with E-state index in [9.17, 15) is 24.6 Å². The Kier molecular flexibility index (Phi) is 8.57. The van der Waals surface area contributed by atoms with E-state index in [0.717, 1.165) is 19.3 Å². The van der Waals surface area contributed by atoms with E-state index < -0.39 is 6.04 Å². The van der Waals surface area contributed by atoms with E-state index in [1.54, 1.807) is 6.07 Å². The molecule has 1 aromatic carbocycles. The van der Waals surface area contributed by atoms with E-state index >= 15 is 0 Å². The standard InChI is InChI=1S/C28H42N2O6/c1-18(15-20-12-13-27(2,3)28(20,4)5)36-26(35)21-7-6-14-30(21)25(34)17-29-24(33)11-9-19-8-10-22(31)23(32)16-19/h8,10,16,18,20-21,31-32H,6-7,9,11-15,17H2,1-5H3,(H,29,33). The molecule has 1 saturated carbocycles. The number of esters is 1. The molecule has 3 atom stereocenters. The maximum atomic E-state index is 12.9. The molecule has 1 aliphatic carbocycles. The Morgan fingerprint density at radius 3 is 2.50 bits per heavy atom. The van der Waals surface area contributed by atoms with E-state index in [4.69, 9.17) is 4.74 Å². The minimum atomic E-state index is -0.607. The molecule has 2 aliphatic rings. The zero-order valence-corrected chi connectivity index (χ0v) is 22.3. The van der Waals surface area contributed by atoms with Crippen molar-refractivity contribution in [2.75, 3.05) is 13.1 Å². The van der Waals surface area contributed by atoms with Crippen LogP contribution in [-0.4, -0.2) is 58.1 Å². The predicted octanol–water partition coefficient (Wildman–Crippen LogP) is 3.92. The molecule has 200 valence electrons. The maximum Gasteiger partial charge on any atom is 0.329 e. The van der Waals surface area contributed by atoms with Crippen LogP contribution in [0.25, 0.3) is 0 Å². The summed E-state index contributed by atoms with van der Waals surface area (Å²) in [7, 11) is 0. The zero-order chi connectivity index (χ0) is 26.7. The molecule has 0 spiro atoms. The largest absolute Gasteiger partial charge is 0.504 e. The van der Waals surface area contributed by atoms with Gasteiger partial charge in [0, 0.05) is 13.0 Å². The normalized spacial score (nSPS) is 23.3. The van der Waals surface area contributed by atoms with Gasteiger partial charge in [-0.2, -0.15) is 0 Å². The lowest BCUT2D eigenvalue weighted by atomic mass is 9.66. The lowest BCUT2D eigenvalue weighted by Crippen LogP contribution is -2.46.